The normalized spacial score (nSPS) is 13.7. The molecule has 182 valence electrons. The molecule has 1 aromatic carbocycles. The van der Waals surface area contributed by atoms with E-state index < -0.39 is 0 Å². The number of pyridine rings is 1. The van der Waals surface area contributed by atoms with Crippen molar-refractivity contribution in [3.8, 4) is 22.9 Å². The summed E-state index contributed by atoms with van der Waals surface area (Å²) in [6.07, 6.45) is 8.00. The fourth-order valence-corrected chi connectivity index (χ4v) is 3.95. The summed E-state index contributed by atoms with van der Waals surface area (Å²) in [5.41, 5.74) is 3.34. The van der Waals surface area contributed by atoms with Gasteiger partial charge in [0, 0.05) is 50.2 Å². The molecule has 0 spiro atoms. The summed E-state index contributed by atoms with van der Waals surface area (Å²) >= 11 is 0. The number of ether oxygens (including phenoxy) is 2. The Morgan fingerprint density at radius 2 is 1.83 bits per heavy atom. The maximum atomic E-state index is 8.93. The standard InChI is InChI=1S/C26H31N7O2/c1-34-11-2-12-35-22-5-3-20(4-6-22)23-17-32-25(33-26-18-29-21(14-27)16-31-26)13-24(23)30-15-19-7-9-28-10-8-19/h3-6,13,16-19,28H,2,7-12,15H2,1H3,(H2,30,31,32,33). The monoisotopic (exact) mass is 473 g/mol. The summed E-state index contributed by atoms with van der Waals surface area (Å²) in [6.45, 7) is 4.33. The number of anilines is 3. The third-order valence-corrected chi connectivity index (χ3v) is 5.89. The van der Waals surface area contributed by atoms with Crippen molar-refractivity contribution in [2.75, 3.05) is 50.6 Å². The number of benzene rings is 1. The second-order valence-electron chi connectivity index (χ2n) is 8.43. The Bertz CT molecular complexity index is 1110. The highest BCUT2D eigenvalue weighted by atomic mass is 16.5. The van der Waals surface area contributed by atoms with E-state index in [4.69, 9.17) is 14.7 Å². The number of rotatable bonds is 11. The smallest absolute Gasteiger partial charge is 0.158 e. The minimum absolute atomic E-state index is 0.273. The summed E-state index contributed by atoms with van der Waals surface area (Å²) in [5.74, 6) is 2.64. The molecule has 9 heteroatoms. The van der Waals surface area contributed by atoms with Gasteiger partial charge in [-0.05, 0) is 49.5 Å². The fraction of sp³-hybridized carbons (Fsp3) is 0.385. The summed E-state index contributed by atoms with van der Waals surface area (Å²) in [6, 6.07) is 12.0. The molecule has 0 atom stereocenters. The predicted molar refractivity (Wildman–Crippen MR) is 136 cm³/mol. The van der Waals surface area contributed by atoms with Crippen LogP contribution in [0.5, 0.6) is 5.75 Å². The lowest BCUT2D eigenvalue weighted by molar-refractivity contribution is 0.172. The van der Waals surface area contributed by atoms with Crippen LogP contribution >= 0.6 is 0 Å². The summed E-state index contributed by atoms with van der Waals surface area (Å²) in [7, 11) is 1.69. The van der Waals surface area contributed by atoms with Gasteiger partial charge < -0.3 is 25.4 Å². The van der Waals surface area contributed by atoms with Gasteiger partial charge in [0.25, 0.3) is 0 Å². The van der Waals surface area contributed by atoms with Crippen molar-refractivity contribution in [3.05, 3.63) is 54.6 Å². The highest BCUT2D eigenvalue weighted by Gasteiger charge is 2.15. The number of hydrogen-bond acceptors (Lipinski definition) is 9. The molecule has 0 radical (unpaired) electrons. The molecule has 0 unspecified atom stereocenters. The van der Waals surface area contributed by atoms with Crippen LogP contribution in [0.3, 0.4) is 0 Å². The quantitative estimate of drug-likeness (QED) is 0.355. The Balaban J connectivity index is 1.51. The van der Waals surface area contributed by atoms with Crippen LogP contribution in [-0.4, -0.2) is 54.9 Å². The molecule has 3 aromatic rings. The molecule has 1 saturated heterocycles. The van der Waals surface area contributed by atoms with E-state index in [9.17, 15) is 0 Å². The number of nitrogens with zero attached hydrogens (tertiary/aromatic N) is 4. The molecule has 1 fully saturated rings. The maximum absolute atomic E-state index is 8.93. The number of aromatic nitrogens is 3. The van der Waals surface area contributed by atoms with E-state index >= 15 is 0 Å². The fourth-order valence-electron chi connectivity index (χ4n) is 3.95. The second-order valence-corrected chi connectivity index (χ2v) is 8.43. The lowest BCUT2D eigenvalue weighted by Gasteiger charge is -2.24. The molecule has 0 bridgehead atoms. The van der Waals surface area contributed by atoms with Crippen LogP contribution in [0.2, 0.25) is 0 Å². The lowest BCUT2D eigenvalue weighted by Crippen LogP contribution is -2.31. The molecule has 2 aromatic heterocycles. The van der Waals surface area contributed by atoms with E-state index in [1.165, 1.54) is 12.4 Å². The summed E-state index contributed by atoms with van der Waals surface area (Å²) in [4.78, 5) is 12.9. The molecule has 3 N–H and O–H groups in total. The molecule has 1 aliphatic rings. The topological polar surface area (TPSA) is 117 Å². The van der Waals surface area contributed by atoms with E-state index in [0.29, 0.717) is 30.8 Å². The Kier molecular flexibility index (Phi) is 8.81. The van der Waals surface area contributed by atoms with E-state index in [1.54, 1.807) is 7.11 Å². The number of methoxy groups -OCH3 is 1. The van der Waals surface area contributed by atoms with Gasteiger partial charge in [-0.15, -0.1) is 0 Å². The second kappa shape index (κ2) is 12.6. The Morgan fingerprint density at radius 1 is 1.03 bits per heavy atom. The molecule has 0 aliphatic carbocycles. The van der Waals surface area contributed by atoms with Crippen molar-refractivity contribution >= 4 is 17.3 Å². The molecule has 0 amide bonds. The largest absolute Gasteiger partial charge is 0.494 e. The zero-order valence-corrected chi connectivity index (χ0v) is 20.0. The third kappa shape index (κ3) is 7.12. The molecule has 4 rings (SSSR count). The van der Waals surface area contributed by atoms with Gasteiger partial charge in [-0.2, -0.15) is 5.26 Å². The van der Waals surface area contributed by atoms with Crippen molar-refractivity contribution < 1.29 is 9.47 Å². The van der Waals surface area contributed by atoms with Crippen molar-refractivity contribution in [1.82, 2.24) is 20.3 Å². The Morgan fingerprint density at radius 3 is 2.54 bits per heavy atom. The van der Waals surface area contributed by atoms with E-state index in [1.807, 2.05) is 30.5 Å². The van der Waals surface area contributed by atoms with Gasteiger partial charge in [0.05, 0.1) is 19.0 Å². The molecular formula is C26H31N7O2. The molecule has 9 nitrogen and oxygen atoms in total. The molecule has 1 aliphatic heterocycles. The Labute approximate surface area is 205 Å². The van der Waals surface area contributed by atoms with Gasteiger partial charge in [0.15, 0.2) is 5.69 Å². The molecular weight excluding hydrogens is 442 g/mol. The van der Waals surface area contributed by atoms with Gasteiger partial charge in [-0.25, -0.2) is 15.0 Å². The highest BCUT2D eigenvalue weighted by molar-refractivity contribution is 5.79. The number of nitriles is 1. The van der Waals surface area contributed by atoms with Crippen LogP contribution in [0.15, 0.2) is 48.9 Å². The summed E-state index contributed by atoms with van der Waals surface area (Å²) in [5, 5.41) is 19.2. The van der Waals surface area contributed by atoms with E-state index in [2.05, 4.69) is 43.0 Å². The van der Waals surface area contributed by atoms with Crippen LogP contribution in [0.25, 0.3) is 11.1 Å². The third-order valence-electron chi connectivity index (χ3n) is 5.89. The van der Waals surface area contributed by atoms with Crippen molar-refractivity contribution in [2.24, 2.45) is 5.92 Å². The van der Waals surface area contributed by atoms with Gasteiger partial charge in [0.2, 0.25) is 0 Å². The lowest BCUT2D eigenvalue weighted by atomic mass is 9.97. The first kappa shape index (κ1) is 24.4. The van der Waals surface area contributed by atoms with Gasteiger partial charge in [-0.3, -0.25) is 0 Å². The molecule has 0 saturated carbocycles. The zero-order valence-electron chi connectivity index (χ0n) is 20.0. The zero-order chi connectivity index (χ0) is 24.3. The first-order chi connectivity index (χ1) is 17.2. The minimum atomic E-state index is 0.273. The number of hydrogen-bond donors (Lipinski definition) is 3. The summed E-state index contributed by atoms with van der Waals surface area (Å²) < 4.78 is 10.9. The number of nitrogens with one attached hydrogen (secondary N) is 3. The highest BCUT2D eigenvalue weighted by Crippen LogP contribution is 2.32. The van der Waals surface area contributed by atoms with Gasteiger partial charge in [-0.1, -0.05) is 12.1 Å². The minimum Gasteiger partial charge on any atom is -0.494 e. The number of piperidine rings is 1. The predicted octanol–water partition coefficient (Wildman–Crippen LogP) is 3.98. The average Bonchev–Trinajstić information content (AvgIpc) is 2.91. The van der Waals surface area contributed by atoms with E-state index in [0.717, 1.165) is 61.5 Å². The molecule has 35 heavy (non-hydrogen) atoms. The van der Waals surface area contributed by atoms with Gasteiger partial charge >= 0.3 is 0 Å². The van der Waals surface area contributed by atoms with Crippen molar-refractivity contribution in [3.63, 3.8) is 0 Å². The van der Waals surface area contributed by atoms with Crippen LogP contribution in [-0.2, 0) is 4.74 Å². The SMILES string of the molecule is COCCCOc1ccc(-c2cnc(Nc3cnc(C#N)cn3)cc2NCC2CCNCC2)cc1. The van der Waals surface area contributed by atoms with Crippen LogP contribution in [0.1, 0.15) is 25.0 Å². The maximum Gasteiger partial charge on any atom is 0.158 e. The van der Waals surface area contributed by atoms with Crippen LogP contribution < -0.4 is 20.7 Å². The average molecular weight is 474 g/mol. The van der Waals surface area contributed by atoms with Crippen molar-refractivity contribution in [2.45, 2.75) is 19.3 Å². The van der Waals surface area contributed by atoms with Crippen LogP contribution in [0.4, 0.5) is 17.3 Å². The Hall–Kier alpha value is -3.74. The molecule has 3 heterocycles. The van der Waals surface area contributed by atoms with E-state index in [-0.39, 0.29) is 5.69 Å². The first-order valence-corrected chi connectivity index (χ1v) is 11.9. The van der Waals surface area contributed by atoms with Crippen LogP contribution in [0, 0.1) is 17.2 Å². The first-order valence-electron chi connectivity index (χ1n) is 11.9. The van der Waals surface area contributed by atoms with Crippen molar-refractivity contribution in [1.29, 1.82) is 5.26 Å². The van der Waals surface area contributed by atoms with Gasteiger partial charge in [0.1, 0.15) is 23.5 Å².